The first-order valence-corrected chi connectivity index (χ1v) is 13.7. The number of carbonyl (C=O) groups excluding carboxylic acids is 2. The minimum atomic E-state index is -0.865. The van der Waals surface area contributed by atoms with E-state index in [0.717, 1.165) is 28.3 Å². The number of phenolic OH excluding ortho intramolecular Hbond substituents is 1. The molecule has 2 aromatic carbocycles. The number of anilines is 1. The first kappa shape index (κ1) is 29.5. The molecular weight excluding hydrogens is 516 g/mol. The number of aromatic nitrogens is 3. The third kappa shape index (κ3) is 7.58. The van der Waals surface area contributed by atoms with Gasteiger partial charge in [-0.3, -0.25) is 19.5 Å². The van der Waals surface area contributed by atoms with Crippen LogP contribution in [0, 0.1) is 0 Å². The molecule has 0 aliphatic heterocycles. The number of hydrogen-bond acceptors (Lipinski definition) is 7. The maximum atomic E-state index is 13.0. The highest BCUT2D eigenvalue weighted by molar-refractivity contribution is 5.96. The molecule has 0 saturated carbocycles. The molecule has 41 heavy (non-hydrogen) atoms. The fourth-order valence-electron chi connectivity index (χ4n) is 4.51. The fraction of sp³-hybridized carbons (Fsp3) is 0.312. The number of benzene rings is 2. The number of carbonyl (C=O) groups is 2. The van der Waals surface area contributed by atoms with Crippen molar-refractivity contribution in [3.05, 3.63) is 90.3 Å². The predicted octanol–water partition coefficient (Wildman–Crippen LogP) is 4.68. The van der Waals surface area contributed by atoms with Gasteiger partial charge in [-0.05, 0) is 65.8 Å². The quantitative estimate of drug-likeness (QED) is 0.243. The summed E-state index contributed by atoms with van der Waals surface area (Å²) in [6, 6.07) is 19.8. The van der Waals surface area contributed by atoms with E-state index in [0.29, 0.717) is 13.0 Å². The molecule has 4 rings (SSSR count). The van der Waals surface area contributed by atoms with Crippen LogP contribution in [0.1, 0.15) is 45.2 Å². The van der Waals surface area contributed by atoms with Crippen LogP contribution in [0.15, 0.2) is 79.1 Å². The van der Waals surface area contributed by atoms with Crippen LogP contribution < -0.4 is 11.1 Å². The molecular formula is C32H38N6O3. The van der Waals surface area contributed by atoms with Crippen molar-refractivity contribution in [3.8, 4) is 22.7 Å². The van der Waals surface area contributed by atoms with E-state index in [1.165, 1.54) is 17.4 Å². The molecule has 2 heterocycles. The van der Waals surface area contributed by atoms with Crippen molar-refractivity contribution in [1.29, 1.82) is 0 Å². The van der Waals surface area contributed by atoms with E-state index in [1.807, 2.05) is 22.9 Å². The van der Waals surface area contributed by atoms with Crippen molar-refractivity contribution >= 4 is 17.6 Å². The van der Waals surface area contributed by atoms with Crippen LogP contribution in [0.5, 0.6) is 5.75 Å². The van der Waals surface area contributed by atoms with Crippen LogP contribution in [0.25, 0.3) is 16.9 Å². The fourth-order valence-corrected chi connectivity index (χ4v) is 4.51. The number of nitrogens with zero attached hydrogens (tertiary/aromatic N) is 4. The lowest BCUT2D eigenvalue weighted by molar-refractivity contribution is -0.144. The van der Waals surface area contributed by atoms with E-state index < -0.39 is 11.9 Å². The van der Waals surface area contributed by atoms with Gasteiger partial charge >= 0.3 is 0 Å². The summed E-state index contributed by atoms with van der Waals surface area (Å²) < 4.78 is 1.86. The molecule has 0 aliphatic rings. The van der Waals surface area contributed by atoms with Gasteiger partial charge in [0.2, 0.25) is 11.8 Å². The molecule has 0 saturated heterocycles. The predicted molar refractivity (Wildman–Crippen MR) is 161 cm³/mol. The van der Waals surface area contributed by atoms with Crippen molar-refractivity contribution in [2.75, 3.05) is 18.4 Å². The first-order valence-electron chi connectivity index (χ1n) is 13.7. The van der Waals surface area contributed by atoms with Crippen molar-refractivity contribution < 1.29 is 14.7 Å². The maximum Gasteiger partial charge on any atom is 0.246 e. The molecule has 4 aromatic rings. The molecule has 0 aliphatic carbocycles. The summed E-state index contributed by atoms with van der Waals surface area (Å²) in [4.78, 5) is 30.8. The number of nitrogens with one attached hydrogen (secondary N) is 1. The Hall–Kier alpha value is -4.50. The Morgan fingerprint density at radius 2 is 1.78 bits per heavy atom. The summed E-state index contributed by atoms with van der Waals surface area (Å²) >= 11 is 0. The second-order valence-corrected chi connectivity index (χ2v) is 11.1. The Morgan fingerprint density at radius 1 is 1.07 bits per heavy atom. The second-order valence-electron chi connectivity index (χ2n) is 11.1. The van der Waals surface area contributed by atoms with Crippen LogP contribution in [-0.4, -0.2) is 55.7 Å². The van der Waals surface area contributed by atoms with Gasteiger partial charge in [0.05, 0.1) is 17.4 Å². The summed E-state index contributed by atoms with van der Waals surface area (Å²) in [5.41, 5.74) is 10.8. The number of imide groups is 1. The van der Waals surface area contributed by atoms with Crippen molar-refractivity contribution in [1.82, 2.24) is 19.7 Å². The van der Waals surface area contributed by atoms with Gasteiger partial charge in [-0.2, -0.15) is 5.10 Å². The SMILES string of the molecule is CC(=O)N(CCCNc1cc(-c2cccnc2)nn1-c1ccc(C(C)(C)C)cc1)C(=O)[C@@H](N)Cc1ccc(O)cc1. The van der Waals surface area contributed by atoms with Gasteiger partial charge in [-0.25, -0.2) is 4.68 Å². The minimum absolute atomic E-state index is 0.0389. The van der Waals surface area contributed by atoms with Gasteiger partial charge < -0.3 is 16.2 Å². The first-order chi connectivity index (χ1) is 19.5. The van der Waals surface area contributed by atoms with E-state index in [2.05, 4.69) is 55.3 Å². The zero-order chi connectivity index (χ0) is 29.6. The highest BCUT2D eigenvalue weighted by Gasteiger charge is 2.24. The van der Waals surface area contributed by atoms with E-state index in [4.69, 9.17) is 10.8 Å². The van der Waals surface area contributed by atoms with Gasteiger partial charge in [0.25, 0.3) is 0 Å². The Morgan fingerprint density at radius 3 is 2.39 bits per heavy atom. The van der Waals surface area contributed by atoms with Crippen molar-refractivity contribution in [3.63, 3.8) is 0 Å². The Bertz CT molecular complexity index is 1460. The number of aromatic hydroxyl groups is 1. The average molecular weight is 555 g/mol. The number of amides is 2. The molecule has 0 bridgehead atoms. The highest BCUT2D eigenvalue weighted by Crippen LogP contribution is 2.27. The van der Waals surface area contributed by atoms with Crippen molar-refractivity contribution in [2.24, 2.45) is 5.73 Å². The smallest absolute Gasteiger partial charge is 0.246 e. The standard InChI is InChI=1S/C32H38N6O3/c1-22(39)37(31(41)28(33)19-23-8-14-27(40)15-9-23)18-6-17-35-30-20-29(24-7-5-16-34-21-24)36-38(30)26-12-10-25(11-13-26)32(2,3)4/h5,7-16,20-21,28,35,40H,6,17-19,33H2,1-4H3/t28-/m0/s1. The highest BCUT2D eigenvalue weighted by atomic mass is 16.3. The zero-order valence-electron chi connectivity index (χ0n) is 24.0. The summed E-state index contributed by atoms with van der Waals surface area (Å²) in [7, 11) is 0. The number of pyridine rings is 1. The molecule has 4 N–H and O–H groups in total. The van der Waals surface area contributed by atoms with Gasteiger partial charge in [0, 0.05) is 44.0 Å². The number of hydrogen-bond donors (Lipinski definition) is 3. The molecule has 1 atom stereocenters. The van der Waals surface area contributed by atoms with Crippen LogP contribution >= 0.6 is 0 Å². The molecule has 0 fully saturated rings. The summed E-state index contributed by atoms with van der Waals surface area (Å²) in [5, 5.41) is 17.8. The van der Waals surface area contributed by atoms with Crippen molar-refractivity contribution in [2.45, 2.75) is 52.0 Å². The van der Waals surface area contributed by atoms with Crippen LogP contribution in [0.2, 0.25) is 0 Å². The van der Waals surface area contributed by atoms with Gasteiger partial charge in [-0.1, -0.05) is 45.0 Å². The summed E-state index contributed by atoms with van der Waals surface area (Å²) in [5.74, 6) is 0.159. The molecule has 214 valence electrons. The lowest BCUT2D eigenvalue weighted by Crippen LogP contribution is -2.47. The molecule has 9 nitrogen and oxygen atoms in total. The molecule has 9 heteroatoms. The minimum Gasteiger partial charge on any atom is -0.508 e. The third-order valence-electron chi connectivity index (χ3n) is 6.86. The van der Waals surface area contributed by atoms with Crippen LogP contribution in [-0.2, 0) is 21.4 Å². The molecule has 0 spiro atoms. The average Bonchev–Trinajstić information content (AvgIpc) is 3.38. The number of nitrogens with two attached hydrogens (primary N) is 1. The van der Waals surface area contributed by atoms with E-state index in [9.17, 15) is 14.7 Å². The lowest BCUT2D eigenvalue weighted by atomic mass is 9.87. The van der Waals surface area contributed by atoms with Gasteiger partial charge in [-0.15, -0.1) is 0 Å². The lowest BCUT2D eigenvalue weighted by Gasteiger charge is -2.23. The summed E-state index contributed by atoms with van der Waals surface area (Å²) in [6.07, 6.45) is 4.29. The maximum absolute atomic E-state index is 13.0. The second kappa shape index (κ2) is 12.8. The molecule has 0 radical (unpaired) electrons. The topological polar surface area (TPSA) is 126 Å². The van der Waals surface area contributed by atoms with Gasteiger partial charge in [0.15, 0.2) is 0 Å². The zero-order valence-corrected chi connectivity index (χ0v) is 24.0. The number of phenols is 1. The normalized spacial score (nSPS) is 12.1. The molecule has 2 amide bonds. The molecule has 2 aromatic heterocycles. The Kier molecular flexibility index (Phi) is 9.19. The van der Waals surface area contributed by atoms with E-state index in [-0.39, 0.29) is 30.0 Å². The summed E-state index contributed by atoms with van der Waals surface area (Å²) in [6.45, 7) is 8.64. The van der Waals surface area contributed by atoms with E-state index in [1.54, 1.807) is 36.7 Å². The van der Waals surface area contributed by atoms with Crippen LogP contribution in [0.4, 0.5) is 5.82 Å². The monoisotopic (exact) mass is 554 g/mol. The number of rotatable bonds is 10. The van der Waals surface area contributed by atoms with Crippen LogP contribution in [0.3, 0.4) is 0 Å². The van der Waals surface area contributed by atoms with E-state index >= 15 is 0 Å². The Balaban J connectivity index is 1.45. The third-order valence-corrected chi connectivity index (χ3v) is 6.86. The molecule has 0 unspecified atom stereocenters. The largest absolute Gasteiger partial charge is 0.508 e. The Labute approximate surface area is 241 Å². The van der Waals surface area contributed by atoms with Gasteiger partial charge in [0.1, 0.15) is 11.6 Å².